The van der Waals surface area contributed by atoms with Crippen LogP contribution in [0, 0.1) is 6.92 Å². The molecule has 0 radical (unpaired) electrons. The molecule has 0 saturated heterocycles. The molecule has 0 bridgehead atoms. The summed E-state index contributed by atoms with van der Waals surface area (Å²) >= 11 is 0. The highest BCUT2D eigenvalue weighted by molar-refractivity contribution is 5.87. The topological polar surface area (TPSA) is 30.0 Å². The van der Waals surface area contributed by atoms with Gasteiger partial charge in [-0.25, -0.2) is 0 Å². The van der Waals surface area contributed by atoms with Crippen LogP contribution in [0.2, 0.25) is 0 Å². The van der Waals surface area contributed by atoms with E-state index < -0.39 is 0 Å². The third-order valence-corrected chi connectivity index (χ3v) is 2.41. The molecule has 1 heterocycles. The van der Waals surface area contributed by atoms with Gasteiger partial charge >= 0.3 is 0 Å². The first-order chi connectivity index (χ1) is 7.33. The smallest absolute Gasteiger partial charge is 0.152 e. The number of carbonyl (C=O) groups excluding carboxylic acids is 1. The van der Waals surface area contributed by atoms with E-state index in [0.29, 0.717) is 5.56 Å². The van der Waals surface area contributed by atoms with Crippen molar-refractivity contribution in [2.24, 2.45) is 0 Å². The van der Waals surface area contributed by atoms with Crippen molar-refractivity contribution in [1.82, 2.24) is 4.98 Å². The Bertz CT molecular complexity index is 491. The standard InChI is InChI=1S/C13H11NO/c1-10-4-2-3-5-12(10)13-6-7-14-8-11(13)9-15/h2-9H,1H3. The number of pyridine rings is 1. The number of aryl methyl sites for hydroxylation is 1. The molecule has 0 unspecified atom stereocenters. The highest BCUT2D eigenvalue weighted by Gasteiger charge is 2.05. The minimum atomic E-state index is 0.631. The summed E-state index contributed by atoms with van der Waals surface area (Å²) in [5, 5.41) is 0. The molecule has 2 rings (SSSR count). The maximum Gasteiger partial charge on any atom is 0.152 e. The normalized spacial score (nSPS) is 9.93. The number of rotatable bonds is 2. The first-order valence-corrected chi connectivity index (χ1v) is 4.78. The molecule has 0 spiro atoms. The highest BCUT2D eigenvalue weighted by Crippen LogP contribution is 2.24. The third kappa shape index (κ3) is 1.79. The van der Waals surface area contributed by atoms with E-state index in [1.165, 1.54) is 0 Å². The lowest BCUT2D eigenvalue weighted by molar-refractivity contribution is 0.112. The summed E-state index contributed by atoms with van der Waals surface area (Å²) in [6.45, 7) is 2.03. The van der Waals surface area contributed by atoms with E-state index in [1.807, 2.05) is 37.3 Å². The minimum Gasteiger partial charge on any atom is -0.298 e. The van der Waals surface area contributed by atoms with Gasteiger partial charge in [-0.1, -0.05) is 24.3 Å². The Hall–Kier alpha value is -1.96. The number of hydrogen-bond donors (Lipinski definition) is 0. The Kier molecular flexibility index (Phi) is 2.59. The zero-order valence-corrected chi connectivity index (χ0v) is 8.47. The number of nitrogens with zero attached hydrogens (tertiary/aromatic N) is 1. The first-order valence-electron chi connectivity index (χ1n) is 4.78. The summed E-state index contributed by atoms with van der Waals surface area (Å²) in [4.78, 5) is 14.8. The quantitative estimate of drug-likeness (QED) is 0.693. The van der Waals surface area contributed by atoms with Crippen LogP contribution in [0.5, 0.6) is 0 Å². The van der Waals surface area contributed by atoms with Crippen LogP contribution in [0.1, 0.15) is 15.9 Å². The molecule has 15 heavy (non-hydrogen) atoms. The molecule has 0 atom stereocenters. The Morgan fingerprint density at radius 3 is 2.67 bits per heavy atom. The zero-order chi connectivity index (χ0) is 10.7. The average Bonchev–Trinajstić information content (AvgIpc) is 2.30. The number of aromatic nitrogens is 1. The lowest BCUT2D eigenvalue weighted by Gasteiger charge is -2.07. The molecular weight excluding hydrogens is 186 g/mol. The fourth-order valence-electron chi connectivity index (χ4n) is 1.62. The van der Waals surface area contributed by atoms with E-state index in [-0.39, 0.29) is 0 Å². The van der Waals surface area contributed by atoms with E-state index in [9.17, 15) is 4.79 Å². The second kappa shape index (κ2) is 4.05. The van der Waals surface area contributed by atoms with Crippen molar-refractivity contribution in [3.8, 4) is 11.1 Å². The maximum absolute atomic E-state index is 10.9. The van der Waals surface area contributed by atoms with Gasteiger partial charge in [-0.3, -0.25) is 9.78 Å². The molecule has 2 heteroatoms. The minimum absolute atomic E-state index is 0.631. The van der Waals surface area contributed by atoms with Crippen molar-refractivity contribution in [2.45, 2.75) is 6.92 Å². The number of hydrogen-bond acceptors (Lipinski definition) is 2. The second-order valence-electron chi connectivity index (χ2n) is 3.40. The third-order valence-electron chi connectivity index (χ3n) is 2.41. The monoisotopic (exact) mass is 197 g/mol. The van der Waals surface area contributed by atoms with E-state index in [0.717, 1.165) is 23.0 Å². The highest BCUT2D eigenvalue weighted by atomic mass is 16.1. The van der Waals surface area contributed by atoms with Gasteiger partial charge in [0, 0.05) is 18.0 Å². The summed E-state index contributed by atoms with van der Waals surface area (Å²) in [7, 11) is 0. The average molecular weight is 197 g/mol. The molecule has 0 aliphatic rings. The molecule has 74 valence electrons. The van der Waals surface area contributed by atoms with Gasteiger partial charge < -0.3 is 0 Å². The Balaban J connectivity index is 2.64. The molecule has 1 aromatic heterocycles. The molecule has 0 aliphatic carbocycles. The zero-order valence-electron chi connectivity index (χ0n) is 8.47. The van der Waals surface area contributed by atoms with Crippen molar-refractivity contribution >= 4 is 6.29 Å². The fraction of sp³-hybridized carbons (Fsp3) is 0.0769. The summed E-state index contributed by atoms with van der Waals surface area (Å²) in [6, 6.07) is 9.87. The van der Waals surface area contributed by atoms with Crippen molar-refractivity contribution in [3.05, 3.63) is 53.9 Å². The Morgan fingerprint density at radius 2 is 1.93 bits per heavy atom. The van der Waals surface area contributed by atoms with Crippen molar-refractivity contribution in [1.29, 1.82) is 0 Å². The van der Waals surface area contributed by atoms with Crippen LogP contribution in [0.3, 0.4) is 0 Å². The van der Waals surface area contributed by atoms with Crippen molar-refractivity contribution in [2.75, 3.05) is 0 Å². The molecule has 1 aromatic carbocycles. The predicted octanol–water partition coefficient (Wildman–Crippen LogP) is 2.87. The molecule has 0 N–H and O–H groups in total. The van der Waals surface area contributed by atoms with Gasteiger partial charge in [0.25, 0.3) is 0 Å². The van der Waals surface area contributed by atoms with E-state index in [4.69, 9.17) is 0 Å². The second-order valence-corrected chi connectivity index (χ2v) is 3.40. The van der Waals surface area contributed by atoms with Crippen LogP contribution < -0.4 is 0 Å². The molecular formula is C13H11NO. The van der Waals surface area contributed by atoms with Crippen LogP contribution in [0.25, 0.3) is 11.1 Å². The van der Waals surface area contributed by atoms with Crippen LogP contribution in [-0.4, -0.2) is 11.3 Å². The lowest BCUT2D eigenvalue weighted by Crippen LogP contribution is -1.90. The van der Waals surface area contributed by atoms with Gasteiger partial charge in [-0.15, -0.1) is 0 Å². The van der Waals surface area contributed by atoms with Crippen LogP contribution >= 0.6 is 0 Å². The molecule has 0 aliphatic heterocycles. The molecule has 2 aromatic rings. The molecule has 2 nitrogen and oxygen atoms in total. The number of carbonyl (C=O) groups is 1. The van der Waals surface area contributed by atoms with Crippen LogP contribution in [0.15, 0.2) is 42.7 Å². The van der Waals surface area contributed by atoms with Gasteiger partial charge in [0.15, 0.2) is 6.29 Å². The fourth-order valence-corrected chi connectivity index (χ4v) is 1.62. The van der Waals surface area contributed by atoms with Crippen LogP contribution in [-0.2, 0) is 0 Å². The Labute approximate surface area is 88.6 Å². The molecule has 0 fully saturated rings. The number of benzene rings is 1. The summed E-state index contributed by atoms with van der Waals surface area (Å²) in [5.41, 5.74) is 3.82. The summed E-state index contributed by atoms with van der Waals surface area (Å²) < 4.78 is 0. The first kappa shape index (κ1) is 9.59. The van der Waals surface area contributed by atoms with Crippen LogP contribution in [0.4, 0.5) is 0 Å². The Morgan fingerprint density at radius 1 is 1.13 bits per heavy atom. The summed E-state index contributed by atoms with van der Waals surface area (Å²) in [5.74, 6) is 0. The van der Waals surface area contributed by atoms with Gasteiger partial charge in [0.05, 0.1) is 0 Å². The number of aldehydes is 1. The van der Waals surface area contributed by atoms with Crippen molar-refractivity contribution < 1.29 is 4.79 Å². The lowest BCUT2D eigenvalue weighted by atomic mass is 9.98. The molecule has 0 saturated carbocycles. The van der Waals surface area contributed by atoms with E-state index in [1.54, 1.807) is 12.4 Å². The van der Waals surface area contributed by atoms with Gasteiger partial charge in [-0.2, -0.15) is 0 Å². The van der Waals surface area contributed by atoms with E-state index >= 15 is 0 Å². The SMILES string of the molecule is Cc1ccccc1-c1ccncc1C=O. The largest absolute Gasteiger partial charge is 0.298 e. The molecule has 0 amide bonds. The van der Waals surface area contributed by atoms with Gasteiger partial charge in [0.1, 0.15) is 0 Å². The maximum atomic E-state index is 10.9. The van der Waals surface area contributed by atoms with Crippen molar-refractivity contribution in [3.63, 3.8) is 0 Å². The van der Waals surface area contributed by atoms with Gasteiger partial charge in [0.2, 0.25) is 0 Å². The predicted molar refractivity (Wildman–Crippen MR) is 59.8 cm³/mol. The van der Waals surface area contributed by atoms with E-state index in [2.05, 4.69) is 4.98 Å². The van der Waals surface area contributed by atoms with Gasteiger partial charge in [-0.05, 0) is 29.7 Å². The summed E-state index contributed by atoms with van der Waals surface area (Å²) in [6.07, 6.45) is 4.14.